The van der Waals surface area contributed by atoms with Crippen LogP contribution in [0.2, 0.25) is 0 Å². The van der Waals surface area contributed by atoms with E-state index in [4.69, 9.17) is 5.73 Å². The highest BCUT2D eigenvalue weighted by Crippen LogP contribution is 2.40. The first-order chi connectivity index (χ1) is 15.9. The normalized spacial score (nSPS) is 19.2. The van der Waals surface area contributed by atoms with E-state index in [0.29, 0.717) is 5.69 Å². The second-order valence-electron chi connectivity index (χ2n) is 7.72. The summed E-state index contributed by atoms with van der Waals surface area (Å²) in [6, 6.07) is 7.50. The van der Waals surface area contributed by atoms with Gasteiger partial charge in [0.05, 0.1) is 6.61 Å². The van der Waals surface area contributed by atoms with Crippen LogP contribution in [0.1, 0.15) is 12.5 Å². The quantitative estimate of drug-likeness (QED) is 0.586. The van der Waals surface area contributed by atoms with Gasteiger partial charge in [0.25, 0.3) is 0 Å². The topological polar surface area (TPSA) is 109 Å². The van der Waals surface area contributed by atoms with Gasteiger partial charge in [-0.05, 0) is 36.8 Å². The number of nitrogen functional groups attached to an aromatic ring is 1. The fraction of sp³-hybridized carbons (Fsp3) is 0.409. The molecule has 2 heterocycles. The molecular weight excluding hydrogens is 473 g/mol. The van der Waals surface area contributed by atoms with Gasteiger partial charge in [-0.3, -0.25) is 0 Å². The van der Waals surface area contributed by atoms with Crippen LogP contribution in [0.25, 0.3) is 0 Å². The van der Waals surface area contributed by atoms with E-state index in [0.717, 1.165) is 7.11 Å². The minimum absolute atomic E-state index is 0.00675. The molecule has 34 heavy (non-hydrogen) atoms. The lowest BCUT2D eigenvalue weighted by Gasteiger charge is -2.40. The van der Waals surface area contributed by atoms with Crippen molar-refractivity contribution < 1.29 is 31.4 Å². The molecule has 0 spiro atoms. The Hall–Kier alpha value is -2.85. The number of piperazine rings is 1. The molecule has 1 saturated heterocycles. The maximum Gasteiger partial charge on any atom is 0.423 e. The summed E-state index contributed by atoms with van der Waals surface area (Å²) in [5, 5.41) is 10.2. The third kappa shape index (κ3) is 4.97. The van der Waals surface area contributed by atoms with Crippen molar-refractivity contribution >= 4 is 21.5 Å². The van der Waals surface area contributed by atoms with E-state index < -0.39 is 34.4 Å². The summed E-state index contributed by atoms with van der Waals surface area (Å²) >= 11 is 0. The molecule has 2 atom stereocenters. The number of hydrogen-bond donors (Lipinski definition) is 2. The second kappa shape index (κ2) is 9.79. The number of nitrogens with zero attached hydrogens (tertiary/aromatic N) is 3. The molecular formula is C22H25F3N4O4S. The first-order valence-corrected chi connectivity index (χ1v) is 11.7. The minimum Gasteiger partial charge on any atom is -0.384 e. The molecule has 3 N–H and O–H groups in total. The summed E-state index contributed by atoms with van der Waals surface area (Å²) in [7, 11) is -2.76. The van der Waals surface area contributed by atoms with Crippen molar-refractivity contribution in [2.24, 2.45) is 0 Å². The molecule has 3 rings (SSSR count). The molecule has 0 amide bonds. The van der Waals surface area contributed by atoms with Gasteiger partial charge in [0.2, 0.25) is 15.6 Å². The van der Waals surface area contributed by atoms with Crippen molar-refractivity contribution in [2.75, 3.05) is 44.0 Å². The monoisotopic (exact) mass is 498 g/mol. The fourth-order valence-electron chi connectivity index (χ4n) is 3.74. The Morgan fingerprint density at radius 2 is 1.88 bits per heavy atom. The van der Waals surface area contributed by atoms with Gasteiger partial charge in [-0.15, -0.1) is 5.92 Å². The molecule has 0 unspecified atom stereocenters. The number of halogens is 3. The van der Waals surface area contributed by atoms with Gasteiger partial charge in [0, 0.05) is 38.6 Å². The Kier molecular flexibility index (Phi) is 7.42. The first kappa shape index (κ1) is 25.8. The van der Waals surface area contributed by atoms with Gasteiger partial charge in [-0.1, -0.05) is 18.1 Å². The van der Waals surface area contributed by atoms with E-state index in [9.17, 15) is 26.7 Å². The van der Waals surface area contributed by atoms with Crippen LogP contribution in [0.15, 0.2) is 47.5 Å². The summed E-state index contributed by atoms with van der Waals surface area (Å²) in [6.07, 6.45) is -3.74. The first-order valence-electron chi connectivity index (χ1n) is 10.2. The predicted molar refractivity (Wildman–Crippen MR) is 120 cm³/mol. The zero-order valence-corrected chi connectivity index (χ0v) is 19.4. The Morgan fingerprint density at radius 3 is 2.41 bits per heavy atom. The van der Waals surface area contributed by atoms with E-state index in [-0.39, 0.29) is 35.9 Å². The Morgan fingerprint density at radius 1 is 1.21 bits per heavy atom. The number of ether oxygens (including phenoxy) is 1. The molecule has 0 radical (unpaired) electrons. The van der Waals surface area contributed by atoms with E-state index in [2.05, 4.69) is 21.6 Å². The Labute approximate surface area is 196 Å². The van der Waals surface area contributed by atoms with Crippen molar-refractivity contribution in [2.45, 2.75) is 29.6 Å². The molecule has 0 saturated carbocycles. The van der Waals surface area contributed by atoms with Crippen LogP contribution in [-0.4, -0.2) is 68.4 Å². The summed E-state index contributed by atoms with van der Waals surface area (Å²) in [6.45, 7) is 1.10. The predicted octanol–water partition coefficient (Wildman–Crippen LogP) is 1.96. The van der Waals surface area contributed by atoms with Gasteiger partial charge in [-0.2, -0.15) is 17.5 Å². The minimum atomic E-state index is -4.93. The van der Waals surface area contributed by atoms with Crippen LogP contribution in [0, 0.1) is 11.8 Å². The molecule has 12 heteroatoms. The number of methoxy groups -OCH3 is 1. The molecule has 2 aromatic rings. The largest absolute Gasteiger partial charge is 0.423 e. The van der Waals surface area contributed by atoms with Crippen LogP contribution >= 0.6 is 0 Å². The number of rotatable bonds is 6. The zero-order chi connectivity index (χ0) is 25.1. The average molecular weight is 499 g/mol. The van der Waals surface area contributed by atoms with Crippen molar-refractivity contribution in [3.05, 3.63) is 48.2 Å². The SMILES string of the molecule is CC#C[C@H]1CN(S(=O)(=O)c2ccc(N)nc2)CCN1c1ccc([C@@](O)(COC)C(F)(F)F)cc1. The molecule has 1 aromatic carbocycles. The smallest absolute Gasteiger partial charge is 0.384 e. The molecule has 0 aliphatic carbocycles. The van der Waals surface area contributed by atoms with Crippen molar-refractivity contribution in [1.82, 2.24) is 9.29 Å². The van der Waals surface area contributed by atoms with E-state index in [1.807, 2.05) is 4.90 Å². The van der Waals surface area contributed by atoms with Crippen LogP contribution in [0.5, 0.6) is 0 Å². The number of alkyl halides is 3. The summed E-state index contributed by atoms with van der Waals surface area (Å²) in [5.74, 6) is 5.95. The molecule has 8 nitrogen and oxygen atoms in total. The van der Waals surface area contributed by atoms with Crippen LogP contribution in [-0.2, 0) is 20.4 Å². The molecule has 1 aromatic heterocycles. The standard InChI is InChI=1S/C22H25F3N4O4S/c1-3-4-18-14-28(34(31,32)19-9-10-20(26)27-13-19)11-12-29(18)17-7-5-16(6-8-17)21(30,15-33-2)22(23,24)25/h5-10,13,18,30H,11-12,14-15H2,1-2H3,(H2,26,27)/t18-,21-/m0/s1. The number of hydrogen-bond acceptors (Lipinski definition) is 7. The molecule has 1 fully saturated rings. The van der Waals surface area contributed by atoms with Gasteiger partial charge >= 0.3 is 6.18 Å². The average Bonchev–Trinajstić information content (AvgIpc) is 2.79. The summed E-state index contributed by atoms with van der Waals surface area (Å²) < 4.78 is 72.4. The highest BCUT2D eigenvalue weighted by molar-refractivity contribution is 7.89. The van der Waals surface area contributed by atoms with E-state index in [1.54, 1.807) is 6.92 Å². The molecule has 0 bridgehead atoms. The molecule has 1 aliphatic rings. The van der Waals surface area contributed by atoms with Gasteiger partial charge in [-0.25, -0.2) is 13.4 Å². The van der Waals surface area contributed by atoms with Crippen molar-refractivity contribution in [3.8, 4) is 11.8 Å². The lowest BCUT2D eigenvalue weighted by atomic mass is 9.93. The van der Waals surface area contributed by atoms with E-state index in [1.165, 1.54) is 46.9 Å². The van der Waals surface area contributed by atoms with Crippen molar-refractivity contribution in [1.29, 1.82) is 0 Å². The fourth-order valence-corrected chi connectivity index (χ4v) is 5.12. The number of anilines is 2. The third-order valence-electron chi connectivity index (χ3n) is 5.55. The maximum atomic E-state index is 13.5. The van der Waals surface area contributed by atoms with Gasteiger partial charge in [0.1, 0.15) is 16.8 Å². The Balaban J connectivity index is 1.86. The summed E-state index contributed by atoms with van der Waals surface area (Å²) in [5.41, 5.74) is 2.58. The number of pyridine rings is 1. The number of aliphatic hydroxyl groups is 1. The number of benzene rings is 1. The third-order valence-corrected chi connectivity index (χ3v) is 7.40. The number of nitrogens with two attached hydrogens (primary N) is 1. The Bertz CT molecular complexity index is 1160. The highest BCUT2D eigenvalue weighted by atomic mass is 32.2. The zero-order valence-electron chi connectivity index (χ0n) is 18.6. The van der Waals surface area contributed by atoms with Crippen molar-refractivity contribution in [3.63, 3.8) is 0 Å². The van der Waals surface area contributed by atoms with Crippen LogP contribution in [0.3, 0.4) is 0 Å². The summed E-state index contributed by atoms with van der Waals surface area (Å²) in [4.78, 5) is 5.66. The van der Waals surface area contributed by atoms with Crippen LogP contribution < -0.4 is 10.6 Å². The van der Waals surface area contributed by atoms with E-state index >= 15 is 0 Å². The molecule has 184 valence electrons. The lowest BCUT2D eigenvalue weighted by molar-refractivity contribution is -0.280. The maximum absolute atomic E-state index is 13.5. The highest BCUT2D eigenvalue weighted by Gasteiger charge is 2.55. The van der Waals surface area contributed by atoms with Gasteiger partial charge < -0.3 is 20.5 Å². The lowest BCUT2D eigenvalue weighted by Crippen LogP contribution is -2.54. The number of sulfonamides is 1. The van der Waals surface area contributed by atoms with Crippen LogP contribution in [0.4, 0.5) is 24.7 Å². The second-order valence-corrected chi connectivity index (χ2v) is 9.66. The van der Waals surface area contributed by atoms with Gasteiger partial charge in [0.15, 0.2) is 0 Å². The molecule has 1 aliphatic heterocycles. The number of aromatic nitrogens is 1.